The molecular weight excluding hydrogens is 294 g/mol. The summed E-state index contributed by atoms with van der Waals surface area (Å²) in [7, 11) is 0. The number of thiazole rings is 1. The standard InChI is InChI=1S/C14H14BrNS/c1-8-7-12(8)14-16-13(9(2)17-14)10-3-5-11(15)6-4-10/h3-6,8,12H,7H2,1-2H3. The van der Waals surface area contributed by atoms with Crippen LogP contribution >= 0.6 is 27.3 Å². The van der Waals surface area contributed by atoms with Crippen LogP contribution in [0.5, 0.6) is 0 Å². The number of hydrogen-bond acceptors (Lipinski definition) is 2. The molecule has 2 atom stereocenters. The average molecular weight is 308 g/mol. The van der Waals surface area contributed by atoms with E-state index in [1.165, 1.54) is 21.9 Å². The lowest BCUT2D eigenvalue weighted by molar-refractivity contribution is 0.906. The molecular formula is C14H14BrNS. The van der Waals surface area contributed by atoms with Crippen LogP contribution < -0.4 is 0 Å². The Kier molecular flexibility index (Phi) is 2.83. The van der Waals surface area contributed by atoms with Crippen molar-refractivity contribution in [2.45, 2.75) is 26.2 Å². The van der Waals surface area contributed by atoms with Gasteiger partial charge >= 0.3 is 0 Å². The molecule has 0 saturated heterocycles. The van der Waals surface area contributed by atoms with Gasteiger partial charge in [0.25, 0.3) is 0 Å². The molecule has 3 rings (SSSR count). The molecule has 1 heterocycles. The predicted molar refractivity (Wildman–Crippen MR) is 76.5 cm³/mol. The van der Waals surface area contributed by atoms with Crippen molar-refractivity contribution in [2.24, 2.45) is 5.92 Å². The Bertz CT molecular complexity index is 544. The summed E-state index contributed by atoms with van der Waals surface area (Å²) in [6.07, 6.45) is 1.31. The van der Waals surface area contributed by atoms with Crippen LogP contribution in [0.25, 0.3) is 11.3 Å². The van der Waals surface area contributed by atoms with Gasteiger partial charge in [-0.1, -0.05) is 35.0 Å². The van der Waals surface area contributed by atoms with Crippen LogP contribution in [0.3, 0.4) is 0 Å². The lowest BCUT2D eigenvalue weighted by atomic mass is 10.1. The zero-order chi connectivity index (χ0) is 12.0. The molecule has 3 heteroatoms. The summed E-state index contributed by atoms with van der Waals surface area (Å²) < 4.78 is 1.12. The summed E-state index contributed by atoms with van der Waals surface area (Å²) in [5, 5.41) is 1.33. The van der Waals surface area contributed by atoms with Crippen LogP contribution in [0.4, 0.5) is 0 Å². The molecule has 2 aromatic rings. The zero-order valence-electron chi connectivity index (χ0n) is 9.90. The van der Waals surface area contributed by atoms with E-state index in [9.17, 15) is 0 Å². The minimum Gasteiger partial charge on any atom is -0.241 e. The third kappa shape index (κ3) is 2.18. The van der Waals surface area contributed by atoms with Crippen molar-refractivity contribution in [1.82, 2.24) is 4.98 Å². The van der Waals surface area contributed by atoms with Gasteiger partial charge in [-0.05, 0) is 31.4 Å². The number of rotatable bonds is 2. The Morgan fingerprint density at radius 1 is 1.29 bits per heavy atom. The van der Waals surface area contributed by atoms with Gasteiger partial charge in [0, 0.05) is 20.8 Å². The first-order valence-corrected chi connectivity index (χ1v) is 7.49. The van der Waals surface area contributed by atoms with Gasteiger partial charge in [0.2, 0.25) is 0 Å². The topological polar surface area (TPSA) is 12.9 Å². The first-order valence-electron chi connectivity index (χ1n) is 5.88. The summed E-state index contributed by atoms with van der Waals surface area (Å²) >= 11 is 5.33. The van der Waals surface area contributed by atoms with Crippen LogP contribution in [0.2, 0.25) is 0 Å². The average Bonchev–Trinajstić information content (AvgIpc) is 2.90. The van der Waals surface area contributed by atoms with Crippen LogP contribution in [-0.2, 0) is 0 Å². The molecule has 0 aliphatic heterocycles. The third-order valence-corrected chi connectivity index (χ3v) is 4.99. The van der Waals surface area contributed by atoms with Crippen LogP contribution in [0, 0.1) is 12.8 Å². The number of nitrogens with zero attached hydrogens (tertiary/aromatic N) is 1. The van der Waals surface area contributed by atoms with E-state index in [2.05, 4.69) is 54.0 Å². The summed E-state index contributed by atoms with van der Waals surface area (Å²) in [5.74, 6) is 1.56. The summed E-state index contributed by atoms with van der Waals surface area (Å²) in [6, 6.07) is 8.42. The van der Waals surface area contributed by atoms with E-state index in [1.54, 1.807) is 0 Å². The van der Waals surface area contributed by atoms with Crippen LogP contribution in [0.1, 0.15) is 29.1 Å². The Labute approximate surface area is 114 Å². The highest BCUT2D eigenvalue weighted by atomic mass is 79.9. The molecule has 2 unspecified atom stereocenters. The number of hydrogen-bond donors (Lipinski definition) is 0. The normalized spacial score (nSPS) is 22.8. The van der Waals surface area contributed by atoms with E-state index in [0.29, 0.717) is 0 Å². The van der Waals surface area contributed by atoms with Crippen molar-refractivity contribution in [3.8, 4) is 11.3 Å². The molecule has 17 heavy (non-hydrogen) atoms. The van der Waals surface area contributed by atoms with Gasteiger partial charge in [-0.25, -0.2) is 4.98 Å². The second-order valence-corrected chi connectivity index (χ2v) is 6.93. The molecule has 0 spiro atoms. The predicted octanol–water partition coefficient (Wildman–Crippen LogP) is 5.00. The summed E-state index contributed by atoms with van der Waals surface area (Å²) in [4.78, 5) is 6.16. The molecule has 1 aliphatic rings. The van der Waals surface area contributed by atoms with Gasteiger partial charge in [0.15, 0.2) is 0 Å². The van der Waals surface area contributed by atoms with E-state index >= 15 is 0 Å². The lowest BCUT2D eigenvalue weighted by Crippen LogP contribution is -1.82. The van der Waals surface area contributed by atoms with E-state index in [4.69, 9.17) is 4.98 Å². The SMILES string of the molecule is Cc1sc(C2CC2C)nc1-c1ccc(Br)cc1. The van der Waals surface area contributed by atoms with Crippen molar-refractivity contribution in [1.29, 1.82) is 0 Å². The van der Waals surface area contributed by atoms with E-state index in [1.807, 2.05) is 11.3 Å². The fourth-order valence-corrected chi connectivity index (χ4v) is 3.57. The number of aromatic nitrogens is 1. The molecule has 1 aromatic heterocycles. The largest absolute Gasteiger partial charge is 0.241 e. The van der Waals surface area contributed by atoms with Gasteiger partial charge in [0.1, 0.15) is 0 Å². The van der Waals surface area contributed by atoms with Gasteiger partial charge < -0.3 is 0 Å². The van der Waals surface area contributed by atoms with E-state index in [0.717, 1.165) is 22.0 Å². The maximum Gasteiger partial charge on any atom is 0.0969 e. The Morgan fingerprint density at radius 3 is 2.53 bits per heavy atom. The van der Waals surface area contributed by atoms with Crippen molar-refractivity contribution in [3.63, 3.8) is 0 Å². The first-order chi connectivity index (χ1) is 8.15. The molecule has 0 radical (unpaired) electrons. The fraction of sp³-hybridized carbons (Fsp3) is 0.357. The van der Waals surface area contributed by atoms with Gasteiger partial charge in [-0.15, -0.1) is 11.3 Å². The third-order valence-electron chi connectivity index (χ3n) is 3.36. The smallest absolute Gasteiger partial charge is 0.0969 e. The minimum absolute atomic E-state index is 0.725. The van der Waals surface area contributed by atoms with Crippen molar-refractivity contribution < 1.29 is 0 Å². The Hall–Kier alpha value is -0.670. The maximum atomic E-state index is 4.83. The second kappa shape index (κ2) is 4.21. The second-order valence-electron chi connectivity index (χ2n) is 4.78. The molecule has 1 saturated carbocycles. The highest BCUT2D eigenvalue weighted by Crippen LogP contribution is 2.49. The quantitative estimate of drug-likeness (QED) is 0.760. The fourth-order valence-electron chi connectivity index (χ4n) is 2.12. The van der Waals surface area contributed by atoms with Crippen molar-refractivity contribution >= 4 is 27.3 Å². The van der Waals surface area contributed by atoms with Crippen LogP contribution in [-0.4, -0.2) is 4.98 Å². The van der Waals surface area contributed by atoms with Crippen molar-refractivity contribution in [3.05, 3.63) is 38.6 Å². The molecule has 1 aliphatic carbocycles. The summed E-state index contributed by atoms with van der Waals surface area (Å²) in [6.45, 7) is 4.48. The van der Waals surface area contributed by atoms with Gasteiger partial charge in [-0.3, -0.25) is 0 Å². The number of benzene rings is 1. The van der Waals surface area contributed by atoms with E-state index < -0.39 is 0 Å². The first kappa shape index (κ1) is 11.4. The lowest BCUT2D eigenvalue weighted by Gasteiger charge is -1.98. The number of aryl methyl sites for hydroxylation is 1. The maximum absolute atomic E-state index is 4.83. The minimum atomic E-state index is 0.725. The van der Waals surface area contributed by atoms with Crippen LogP contribution in [0.15, 0.2) is 28.7 Å². The zero-order valence-corrected chi connectivity index (χ0v) is 12.3. The van der Waals surface area contributed by atoms with E-state index in [-0.39, 0.29) is 0 Å². The molecule has 1 nitrogen and oxygen atoms in total. The molecule has 0 N–H and O–H groups in total. The Morgan fingerprint density at radius 2 is 1.94 bits per heavy atom. The molecule has 0 bridgehead atoms. The number of halogens is 1. The summed E-state index contributed by atoms with van der Waals surface area (Å²) in [5.41, 5.74) is 2.39. The molecule has 1 fully saturated rings. The van der Waals surface area contributed by atoms with Gasteiger partial charge in [0.05, 0.1) is 10.7 Å². The highest BCUT2D eigenvalue weighted by Gasteiger charge is 2.36. The molecule has 88 valence electrons. The van der Waals surface area contributed by atoms with Crippen molar-refractivity contribution in [2.75, 3.05) is 0 Å². The highest BCUT2D eigenvalue weighted by molar-refractivity contribution is 9.10. The molecule has 1 aromatic carbocycles. The Balaban J connectivity index is 1.97. The van der Waals surface area contributed by atoms with Gasteiger partial charge in [-0.2, -0.15) is 0 Å². The molecule has 0 amide bonds. The monoisotopic (exact) mass is 307 g/mol.